The second-order valence-corrected chi connectivity index (χ2v) is 9.17. The lowest BCUT2D eigenvalue weighted by Gasteiger charge is -2.10. The second kappa shape index (κ2) is 12.6. The Hall–Kier alpha value is -2.05. The van der Waals surface area contributed by atoms with Crippen LogP contribution in [0.15, 0.2) is 47.4 Å². The van der Waals surface area contributed by atoms with Gasteiger partial charge in [0.15, 0.2) is 0 Å². The molecule has 0 amide bonds. The minimum atomic E-state index is -4.50. The number of unbranched alkanes of at least 4 members (excludes halogenated alkanes) is 9. The molecule has 0 aliphatic rings. The van der Waals surface area contributed by atoms with Crippen LogP contribution in [0.2, 0.25) is 0 Å². The fraction of sp³-hybridized carbons (Fsp3) is 0.500. The number of benzene rings is 2. The van der Waals surface area contributed by atoms with Gasteiger partial charge in [0.25, 0.3) is 10.1 Å². The van der Waals surface area contributed by atoms with Crippen molar-refractivity contribution < 1.29 is 22.8 Å². The molecule has 2 aromatic rings. The molecule has 30 heavy (non-hydrogen) atoms. The Morgan fingerprint density at radius 1 is 0.800 bits per heavy atom. The molecule has 0 bridgehead atoms. The van der Waals surface area contributed by atoms with Crippen molar-refractivity contribution in [2.45, 2.75) is 82.4 Å². The van der Waals surface area contributed by atoms with Crippen LogP contribution in [0.4, 0.5) is 0 Å². The first-order valence-electron chi connectivity index (χ1n) is 11.0. The monoisotopic (exact) mass is 434 g/mol. The number of hydrogen-bond acceptors (Lipinski definition) is 4. The summed E-state index contributed by atoms with van der Waals surface area (Å²) < 4.78 is 37.9. The zero-order chi connectivity index (χ0) is 21.8. The first-order chi connectivity index (χ1) is 14.4. The molecule has 0 radical (unpaired) electrons. The number of hydrogen-bond donors (Lipinski definition) is 2. The highest BCUT2D eigenvalue weighted by Gasteiger charge is 2.18. The molecule has 0 spiro atoms. The zero-order valence-electron chi connectivity index (χ0n) is 17.8. The number of phenolic OH excluding ortho intramolecular Hbond substituents is 1. The largest absolute Gasteiger partial charge is 0.508 e. The number of aryl methyl sites for hydroxylation is 1. The molecule has 0 aromatic heterocycles. The lowest BCUT2D eigenvalue weighted by atomic mass is 10.0. The fourth-order valence-electron chi connectivity index (χ4n) is 3.45. The van der Waals surface area contributed by atoms with Crippen LogP contribution < -0.4 is 4.74 Å². The van der Waals surface area contributed by atoms with Crippen LogP contribution in [-0.2, 0) is 16.5 Å². The van der Waals surface area contributed by atoms with E-state index < -0.39 is 15.0 Å². The van der Waals surface area contributed by atoms with Gasteiger partial charge in [0.05, 0.1) is 0 Å². The topological polar surface area (TPSA) is 83.8 Å². The summed E-state index contributed by atoms with van der Waals surface area (Å²) >= 11 is 0. The quantitative estimate of drug-likeness (QED) is 0.250. The molecule has 0 heterocycles. The van der Waals surface area contributed by atoms with Crippen molar-refractivity contribution in [1.29, 1.82) is 0 Å². The smallest absolute Gasteiger partial charge is 0.298 e. The van der Waals surface area contributed by atoms with Gasteiger partial charge < -0.3 is 9.84 Å². The Kier molecular flexibility index (Phi) is 10.2. The highest BCUT2D eigenvalue weighted by Crippen LogP contribution is 2.31. The van der Waals surface area contributed by atoms with E-state index in [2.05, 4.69) is 6.92 Å². The second-order valence-electron chi connectivity index (χ2n) is 7.78. The zero-order valence-corrected chi connectivity index (χ0v) is 18.7. The van der Waals surface area contributed by atoms with Gasteiger partial charge in [0.2, 0.25) is 0 Å². The van der Waals surface area contributed by atoms with Crippen molar-refractivity contribution in [3.8, 4) is 17.2 Å². The van der Waals surface area contributed by atoms with Gasteiger partial charge in [0, 0.05) is 6.07 Å². The Labute approximate surface area is 180 Å². The van der Waals surface area contributed by atoms with Crippen LogP contribution in [0.5, 0.6) is 17.2 Å². The number of ether oxygens (including phenoxy) is 1. The maximum Gasteiger partial charge on any atom is 0.298 e. The summed E-state index contributed by atoms with van der Waals surface area (Å²) in [5, 5.41) is 9.47. The summed E-state index contributed by atoms with van der Waals surface area (Å²) in [4.78, 5) is -0.461. The van der Waals surface area contributed by atoms with E-state index in [1.807, 2.05) is 12.1 Å². The Bertz CT molecular complexity index is 860. The van der Waals surface area contributed by atoms with Gasteiger partial charge in [-0.2, -0.15) is 8.42 Å². The summed E-state index contributed by atoms with van der Waals surface area (Å²) in [7, 11) is -4.50. The van der Waals surface area contributed by atoms with Gasteiger partial charge in [-0.15, -0.1) is 0 Å². The Morgan fingerprint density at radius 2 is 1.37 bits per heavy atom. The molecular formula is C24H34O5S. The summed E-state index contributed by atoms with van der Waals surface area (Å²) in [5.74, 6) is 0.178. The van der Waals surface area contributed by atoms with Crippen molar-refractivity contribution >= 4 is 10.1 Å². The Balaban J connectivity index is 1.73. The first kappa shape index (κ1) is 24.2. The summed E-state index contributed by atoms with van der Waals surface area (Å²) in [6.07, 6.45) is 14.1. The molecule has 0 atom stereocenters. The molecule has 166 valence electrons. The SMILES string of the molecule is CCCCCCCCCCCCc1ccc(Oc2ccc(O)cc2S(=O)(=O)O)cc1. The van der Waals surface area contributed by atoms with E-state index in [9.17, 15) is 18.1 Å². The molecular weight excluding hydrogens is 400 g/mol. The van der Waals surface area contributed by atoms with Crippen molar-refractivity contribution in [2.75, 3.05) is 0 Å². The van der Waals surface area contributed by atoms with Crippen LogP contribution in [-0.4, -0.2) is 18.1 Å². The van der Waals surface area contributed by atoms with E-state index in [4.69, 9.17) is 4.74 Å². The van der Waals surface area contributed by atoms with Gasteiger partial charge in [-0.25, -0.2) is 0 Å². The number of aromatic hydroxyl groups is 1. The van der Waals surface area contributed by atoms with Gasteiger partial charge in [-0.3, -0.25) is 4.55 Å². The van der Waals surface area contributed by atoms with E-state index in [1.165, 1.54) is 75.5 Å². The molecule has 5 nitrogen and oxygen atoms in total. The standard InChI is InChI=1S/C24H34O5S/c1-2-3-4-5-6-7-8-9-10-11-12-20-13-16-22(17-14-20)29-23-18-15-21(25)19-24(23)30(26,27)28/h13-19,25H,2-12H2,1H3,(H,26,27,28). The van der Waals surface area contributed by atoms with Crippen molar-refractivity contribution in [2.24, 2.45) is 0 Å². The molecule has 2 N–H and O–H groups in total. The minimum Gasteiger partial charge on any atom is -0.508 e. The van der Waals surface area contributed by atoms with E-state index >= 15 is 0 Å². The van der Waals surface area contributed by atoms with E-state index in [-0.39, 0.29) is 11.5 Å². The highest BCUT2D eigenvalue weighted by molar-refractivity contribution is 7.86. The van der Waals surface area contributed by atoms with Gasteiger partial charge in [0.1, 0.15) is 22.1 Å². The predicted octanol–water partition coefficient (Wildman–Crippen LogP) is 6.89. The summed E-state index contributed by atoms with van der Waals surface area (Å²) in [6.45, 7) is 2.25. The van der Waals surface area contributed by atoms with Crippen LogP contribution >= 0.6 is 0 Å². The van der Waals surface area contributed by atoms with Crippen LogP contribution in [0, 0.1) is 0 Å². The predicted molar refractivity (Wildman–Crippen MR) is 120 cm³/mol. The Morgan fingerprint density at radius 3 is 1.93 bits per heavy atom. The maximum absolute atomic E-state index is 11.5. The van der Waals surface area contributed by atoms with E-state index in [0.717, 1.165) is 18.9 Å². The van der Waals surface area contributed by atoms with Crippen LogP contribution in [0.25, 0.3) is 0 Å². The summed E-state index contributed by atoms with van der Waals surface area (Å²) in [5.41, 5.74) is 1.21. The number of rotatable bonds is 14. The molecule has 0 saturated heterocycles. The van der Waals surface area contributed by atoms with Crippen molar-refractivity contribution in [1.82, 2.24) is 0 Å². The van der Waals surface area contributed by atoms with Gasteiger partial charge in [-0.05, 0) is 42.7 Å². The third kappa shape index (κ3) is 8.76. The molecule has 0 unspecified atom stereocenters. The summed E-state index contributed by atoms with van der Waals surface area (Å²) in [6, 6.07) is 11.1. The molecule has 6 heteroatoms. The lowest BCUT2D eigenvalue weighted by molar-refractivity contribution is 0.439. The number of phenols is 1. The normalized spacial score (nSPS) is 11.5. The minimum absolute atomic E-state index is 0.0299. The van der Waals surface area contributed by atoms with Gasteiger partial charge >= 0.3 is 0 Å². The van der Waals surface area contributed by atoms with Crippen molar-refractivity contribution in [3.05, 3.63) is 48.0 Å². The average molecular weight is 435 g/mol. The lowest BCUT2D eigenvalue weighted by Crippen LogP contribution is -2.01. The molecule has 0 fully saturated rings. The van der Waals surface area contributed by atoms with E-state index in [0.29, 0.717) is 5.75 Å². The molecule has 0 saturated carbocycles. The average Bonchev–Trinajstić information content (AvgIpc) is 2.71. The van der Waals surface area contributed by atoms with Crippen molar-refractivity contribution in [3.63, 3.8) is 0 Å². The van der Waals surface area contributed by atoms with Gasteiger partial charge in [-0.1, -0.05) is 76.8 Å². The molecule has 2 rings (SSSR count). The highest BCUT2D eigenvalue weighted by atomic mass is 32.2. The fourth-order valence-corrected chi connectivity index (χ4v) is 4.08. The third-order valence-electron chi connectivity index (χ3n) is 5.18. The first-order valence-corrected chi connectivity index (χ1v) is 12.4. The maximum atomic E-state index is 11.5. The molecule has 0 aliphatic heterocycles. The van der Waals surface area contributed by atoms with E-state index in [1.54, 1.807) is 12.1 Å². The third-order valence-corrected chi connectivity index (χ3v) is 6.05. The van der Waals surface area contributed by atoms with Crippen LogP contribution in [0.3, 0.4) is 0 Å². The molecule has 0 aliphatic carbocycles. The van der Waals surface area contributed by atoms with Crippen LogP contribution in [0.1, 0.15) is 76.7 Å². The molecule has 2 aromatic carbocycles.